The van der Waals surface area contributed by atoms with Crippen molar-refractivity contribution >= 4 is 11.8 Å². The molecule has 0 aliphatic carbocycles. The van der Waals surface area contributed by atoms with E-state index in [0.717, 1.165) is 84.1 Å². The van der Waals surface area contributed by atoms with Crippen molar-refractivity contribution in [1.29, 1.82) is 0 Å². The van der Waals surface area contributed by atoms with Crippen LogP contribution < -0.4 is 32.7 Å². The van der Waals surface area contributed by atoms with E-state index in [4.69, 9.17) is 11.5 Å². The van der Waals surface area contributed by atoms with Gasteiger partial charge in [-0.3, -0.25) is 9.59 Å². The van der Waals surface area contributed by atoms with Crippen LogP contribution >= 0.6 is 0 Å². The third-order valence-electron chi connectivity index (χ3n) is 7.95. The van der Waals surface area contributed by atoms with E-state index in [1.807, 2.05) is 0 Å². The molecule has 0 saturated heterocycles. The molecule has 0 heterocycles. The highest BCUT2D eigenvalue weighted by atomic mass is 16.2. The fourth-order valence-electron chi connectivity index (χ4n) is 5.13. The average molecular weight is 597 g/mol. The molecule has 8 nitrogen and oxygen atoms in total. The van der Waals surface area contributed by atoms with Crippen molar-refractivity contribution in [2.45, 2.75) is 161 Å². The maximum atomic E-state index is 12.2. The number of nitrogens with two attached hydrogens (primary N) is 2. The van der Waals surface area contributed by atoms with Crippen molar-refractivity contribution in [3.05, 3.63) is 0 Å². The second-order valence-electron chi connectivity index (χ2n) is 12.1. The van der Waals surface area contributed by atoms with Crippen LogP contribution in [0.1, 0.15) is 155 Å². The minimum absolute atomic E-state index is 0.0734. The Morgan fingerprint density at radius 2 is 0.976 bits per heavy atom. The first-order chi connectivity index (χ1) is 20.6. The van der Waals surface area contributed by atoms with Gasteiger partial charge in [0, 0.05) is 19.5 Å². The van der Waals surface area contributed by atoms with Crippen molar-refractivity contribution in [3.8, 4) is 0 Å². The number of hydrogen-bond donors (Lipinski definition) is 6. The van der Waals surface area contributed by atoms with Crippen LogP contribution in [-0.4, -0.2) is 63.7 Å². The van der Waals surface area contributed by atoms with E-state index in [0.29, 0.717) is 25.9 Å². The summed E-state index contributed by atoms with van der Waals surface area (Å²) in [5.41, 5.74) is 11.5. The topological polar surface area (TPSA) is 134 Å². The average Bonchev–Trinajstić information content (AvgIpc) is 2.99. The molecule has 8 N–H and O–H groups in total. The lowest BCUT2D eigenvalue weighted by atomic mass is 10.0. The second kappa shape index (κ2) is 34.3. The van der Waals surface area contributed by atoms with E-state index in [2.05, 4.69) is 28.2 Å². The van der Waals surface area contributed by atoms with Gasteiger partial charge in [-0.1, -0.05) is 96.8 Å². The molecule has 1 atom stereocenters. The van der Waals surface area contributed by atoms with Crippen LogP contribution in [0.4, 0.5) is 0 Å². The molecule has 8 heteroatoms. The van der Waals surface area contributed by atoms with Crippen molar-refractivity contribution in [3.63, 3.8) is 0 Å². The monoisotopic (exact) mass is 597 g/mol. The van der Waals surface area contributed by atoms with Gasteiger partial charge in [-0.2, -0.15) is 0 Å². The molecular weight excluding hydrogens is 524 g/mol. The van der Waals surface area contributed by atoms with Gasteiger partial charge in [0.05, 0.1) is 6.04 Å². The summed E-state index contributed by atoms with van der Waals surface area (Å²) in [4.78, 5) is 24.2. The Balaban J connectivity index is 3.37. The number of unbranched alkanes of at least 4 members (excludes halogenated alkanes) is 16. The number of hydrogen-bond acceptors (Lipinski definition) is 6. The van der Waals surface area contributed by atoms with Crippen LogP contribution in [0.3, 0.4) is 0 Å². The van der Waals surface area contributed by atoms with Crippen LogP contribution in [-0.2, 0) is 9.59 Å². The van der Waals surface area contributed by atoms with Gasteiger partial charge >= 0.3 is 0 Å². The molecule has 0 spiro atoms. The first kappa shape index (κ1) is 40.8. The van der Waals surface area contributed by atoms with Gasteiger partial charge in [0.1, 0.15) is 0 Å². The quantitative estimate of drug-likeness (QED) is 0.0530. The molecule has 0 aliphatic heterocycles. The molecule has 0 aliphatic rings. The highest BCUT2D eigenvalue weighted by Crippen LogP contribution is 2.13. The SMILES string of the molecule is CCCCCCCCCCCCCCCCCC(=O)NCCCCC(N)C(=O)NCCCNCCCCNCCCN. The van der Waals surface area contributed by atoms with Crippen molar-refractivity contribution < 1.29 is 9.59 Å². The highest BCUT2D eigenvalue weighted by molar-refractivity contribution is 5.81. The van der Waals surface area contributed by atoms with Gasteiger partial charge in [-0.15, -0.1) is 0 Å². The lowest BCUT2D eigenvalue weighted by molar-refractivity contribution is -0.123. The van der Waals surface area contributed by atoms with Crippen molar-refractivity contribution in [2.24, 2.45) is 11.5 Å². The highest BCUT2D eigenvalue weighted by Gasteiger charge is 2.12. The Hall–Kier alpha value is -1.22. The smallest absolute Gasteiger partial charge is 0.236 e. The number of amides is 2. The molecule has 0 aromatic heterocycles. The standard InChI is InChI=1S/C34H72N6O2/c1-2-3-4-5-6-7-8-9-10-11-12-13-14-15-16-24-33(41)39-30-18-17-23-32(36)34(42)40-31-22-29-38-27-20-19-26-37-28-21-25-35/h32,37-38H,2-31,35-36H2,1H3,(H,39,41)(H,40,42). The Bertz CT molecular complexity index is 578. The minimum Gasteiger partial charge on any atom is -0.356 e. The molecule has 0 fully saturated rings. The fourth-order valence-corrected chi connectivity index (χ4v) is 5.13. The molecule has 42 heavy (non-hydrogen) atoms. The van der Waals surface area contributed by atoms with Crippen LogP contribution in [0.25, 0.3) is 0 Å². The fraction of sp³-hybridized carbons (Fsp3) is 0.941. The predicted molar refractivity (Wildman–Crippen MR) is 181 cm³/mol. The Labute approximate surface area is 260 Å². The zero-order chi connectivity index (χ0) is 30.8. The molecule has 0 radical (unpaired) electrons. The number of nitrogens with one attached hydrogen (secondary N) is 4. The number of rotatable bonds is 34. The third-order valence-corrected chi connectivity index (χ3v) is 7.95. The van der Waals surface area contributed by atoms with Gasteiger partial charge in [0.15, 0.2) is 0 Å². The lowest BCUT2D eigenvalue weighted by Gasteiger charge is -2.12. The molecule has 1 unspecified atom stereocenters. The lowest BCUT2D eigenvalue weighted by Crippen LogP contribution is -2.41. The summed E-state index contributed by atoms with van der Waals surface area (Å²) >= 11 is 0. The molecule has 250 valence electrons. The molecule has 2 amide bonds. The largest absolute Gasteiger partial charge is 0.356 e. The molecular formula is C34H72N6O2. The van der Waals surface area contributed by atoms with E-state index in [1.165, 1.54) is 83.5 Å². The van der Waals surface area contributed by atoms with Gasteiger partial charge in [-0.25, -0.2) is 0 Å². The van der Waals surface area contributed by atoms with Gasteiger partial charge in [0.2, 0.25) is 11.8 Å². The van der Waals surface area contributed by atoms with Crippen LogP contribution in [0.15, 0.2) is 0 Å². The van der Waals surface area contributed by atoms with Gasteiger partial charge < -0.3 is 32.7 Å². The summed E-state index contributed by atoms with van der Waals surface area (Å²) in [5, 5.41) is 12.8. The number of carbonyl (C=O) groups is 2. The molecule has 0 aromatic rings. The maximum absolute atomic E-state index is 12.2. The van der Waals surface area contributed by atoms with Gasteiger partial charge in [0.25, 0.3) is 0 Å². The summed E-state index contributed by atoms with van der Waals surface area (Å²) in [7, 11) is 0. The van der Waals surface area contributed by atoms with Crippen LogP contribution in [0, 0.1) is 0 Å². The van der Waals surface area contributed by atoms with E-state index >= 15 is 0 Å². The van der Waals surface area contributed by atoms with E-state index in [-0.39, 0.29) is 11.8 Å². The Kier molecular flexibility index (Phi) is 33.3. The zero-order valence-electron chi connectivity index (χ0n) is 27.8. The van der Waals surface area contributed by atoms with E-state index < -0.39 is 6.04 Å². The molecule has 0 aromatic carbocycles. The summed E-state index contributed by atoms with van der Waals surface area (Å²) < 4.78 is 0. The Morgan fingerprint density at radius 1 is 0.524 bits per heavy atom. The van der Waals surface area contributed by atoms with Crippen molar-refractivity contribution in [2.75, 3.05) is 45.8 Å². The third kappa shape index (κ3) is 31.7. The zero-order valence-corrected chi connectivity index (χ0v) is 27.8. The van der Waals surface area contributed by atoms with Crippen LogP contribution in [0.2, 0.25) is 0 Å². The van der Waals surface area contributed by atoms with Gasteiger partial charge in [-0.05, 0) is 84.1 Å². The summed E-state index contributed by atoms with van der Waals surface area (Å²) in [6.45, 7) is 8.28. The summed E-state index contributed by atoms with van der Waals surface area (Å²) in [5.74, 6) is 0.0790. The first-order valence-corrected chi connectivity index (χ1v) is 18.0. The molecule has 0 saturated carbocycles. The normalized spacial score (nSPS) is 12.0. The first-order valence-electron chi connectivity index (χ1n) is 18.0. The number of carbonyl (C=O) groups excluding carboxylic acids is 2. The summed E-state index contributed by atoms with van der Waals surface area (Å²) in [6, 6.07) is -0.472. The van der Waals surface area contributed by atoms with Crippen LogP contribution in [0.5, 0.6) is 0 Å². The molecule has 0 bridgehead atoms. The Morgan fingerprint density at radius 3 is 1.52 bits per heavy atom. The molecule has 0 rings (SSSR count). The predicted octanol–water partition coefficient (Wildman–Crippen LogP) is 5.68. The van der Waals surface area contributed by atoms with E-state index in [9.17, 15) is 9.59 Å². The van der Waals surface area contributed by atoms with E-state index in [1.54, 1.807) is 0 Å². The minimum atomic E-state index is -0.472. The van der Waals surface area contributed by atoms with Crippen molar-refractivity contribution in [1.82, 2.24) is 21.3 Å². The summed E-state index contributed by atoms with van der Waals surface area (Å²) in [6.07, 6.45) is 27.3. The second-order valence-corrected chi connectivity index (χ2v) is 12.1. The maximum Gasteiger partial charge on any atom is 0.236 e.